The Kier molecular flexibility index (Phi) is 7.56. The van der Waals surface area contributed by atoms with E-state index in [-0.39, 0.29) is 11.9 Å². The molecule has 1 unspecified atom stereocenters. The van der Waals surface area contributed by atoms with Gasteiger partial charge in [0.25, 0.3) is 0 Å². The molecule has 0 saturated carbocycles. The number of nitrogens with zero attached hydrogens (tertiary/aromatic N) is 1. The summed E-state index contributed by atoms with van der Waals surface area (Å²) in [6.07, 6.45) is 4.72. The molecular formula is C17H26INO. The van der Waals surface area contributed by atoms with Crippen LogP contribution in [0.2, 0.25) is 0 Å². The normalized spacial score (nSPS) is 12.2. The third kappa shape index (κ3) is 5.08. The number of hydrogen-bond donors (Lipinski definition) is 0. The largest absolute Gasteiger partial charge is 0.309 e. The van der Waals surface area contributed by atoms with E-state index in [4.69, 9.17) is 0 Å². The van der Waals surface area contributed by atoms with Crippen molar-refractivity contribution >= 4 is 34.2 Å². The van der Waals surface area contributed by atoms with Crippen LogP contribution in [0.1, 0.15) is 50.7 Å². The molecule has 0 aliphatic heterocycles. The number of rotatable bonds is 7. The quantitative estimate of drug-likeness (QED) is 0.365. The van der Waals surface area contributed by atoms with Crippen molar-refractivity contribution in [3.8, 4) is 0 Å². The van der Waals surface area contributed by atoms with Gasteiger partial charge < -0.3 is 4.90 Å². The number of carbonyl (C=O) groups excluding carboxylic acids is 1. The van der Waals surface area contributed by atoms with Crippen LogP contribution in [0, 0.1) is 13.8 Å². The van der Waals surface area contributed by atoms with Crippen LogP contribution in [0.25, 0.3) is 0 Å². The predicted molar refractivity (Wildman–Crippen MR) is 95.9 cm³/mol. The van der Waals surface area contributed by atoms with E-state index in [1.165, 1.54) is 30.4 Å². The second-order valence-corrected chi connectivity index (χ2v) is 6.35. The average molecular weight is 387 g/mol. The Morgan fingerprint density at radius 1 is 1.20 bits per heavy atom. The summed E-state index contributed by atoms with van der Waals surface area (Å²) in [6, 6.07) is 6.66. The summed E-state index contributed by atoms with van der Waals surface area (Å²) < 4.78 is 0.531. The van der Waals surface area contributed by atoms with Crippen molar-refractivity contribution in [2.45, 2.75) is 59.4 Å². The van der Waals surface area contributed by atoms with Crippen LogP contribution in [-0.2, 0) is 4.79 Å². The van der Waals surface area contributed by atoms with Gasteiger partial charge in [-0.3, -0.25) is 4.79 Å². The standard InChI is InChI=1S/C17H26INO/c1-5-6-7-8-15(4)19(17(20)12-18)16-10-13(2)9-14(3)11-16/h9-11,15H,5-8,12H2,1-4H3. The van der Waals surface area contributed by atoms with E-state index in [2.05, 4.69) is 68.5 Å². The molecule has 0 fully saturated rings. The molecule has 3 heteroatoms. The molecule has 0 heterocycles. The van der Waals surface area contributed by atoms with Crippen LogP contribution in [0.3, 0.4) is 0 Å². The first-order valence-corrected chi connectivity index (χ1v) is 8.98. The van der Waals surface area contributed by atoms with E-state index in [0.717, 1.165) is 12.1 Å². The van der Waals surface area contributed by atoms with Crippen molar-refractivity contribution in [3.63, 3.8) is 0 Å². The Labute approximate surface area is 137 Å². The van der Waals surface area contributed by atoms with E-state index in [0.29, 0.717) is 4.43 Å². The number of amides is 1. The molecule has 0 aromatic heterocycles. The summed E-state index contributed by atoms with van der Waals surface area (Å²) in [4.78, 5) is 14.3. The smallest absolute Gasteiger partial charge is 0.237 e. The number of unbranched alkanes of at least 4 members (excludes halogenated alkanes) is 2. The lowest BCUT2D eigenvalue weighted by Crippen LogP contribution is -2.39. The van der Waals surface area contributed by atoms with Crippen LogP contribution in [0.15, 0.2) is 18.2 Å². The van der Waals surface area contributed by atoms with Gasteiger partial charge in [0, 0.05) is 11.7 Å². The number of hydrogen-bond acceptors (Lipinski definition) is 1. The highest BCUT2D eigenvalue weighted by Gasteiger charge is 2.21. The van der Waals surface area contributed by atoms with Gasteiger partial charge in [-0.2, -0.15) is 0 Å². The minimum Gasteiger partial charge on any atom is -0.309 e. The molecule has 0 saturated heterocycles. The Hall–Kier alpha value is -0.580. The van der Waals surface area contributed by atoms with Gasteiger partial charge in [0.15, 0.2) is 0 Å². The molecule has 0 spiro atoms. The summed E-state index contributed by atoms with van der Waals surface area (Å²) in [5, 5.41) is 0. The lowest BCUT2D eigenvalue weighted by atomic mass is 10.1. The lowest BCUT2D eigenvalue weighted by molar-refractivity contribution is -0.116. The zero-order chi connectivity index (χ0) is 15.1. The van der Waals surface area contributed by atoms with E-state index in [9.17, 15) is 4.79 Å². The molecule has 1 aromatic rings. The molecule has 112 valence electrons. The van der Waals surface area contributed by atoms with E-state index >= 15 is 0 Å². The molecule has 0 N–H and O–H groups in total. The number of halogens is 1. The van der Waals surface area contributed by atoms with E-state index < -0.39 is 0 Å². The van der Waals surface area contributed by atoms with Gasteiger partial charge in [0.1, 0.15) is 0 Å². The highest BCUT2D eigenvalue weighted by molar-refractivity contribution is 14.1. The summed E-state index contributed by atoms with van der Waals surface area (Å²) in [6.45, 7) is 8.55. The van der Waals surface area contributed by atoms with Crippen molar-refractivity contribution in [2.24, 2.45) is 0 Å². The molecule has 0 bridgehead atoms. The molecule has 0 radical (unpaired) electrons. The first-order valence-electron chi connectivity index (χ1n) is 7.46. The number of benzene rings is 1. The van der Waals surface area contributed by atoms with Crippen LogP contribution < -0.4 is 4.90 Å². The SMILES string of the molecule is CCCCCC(C)N(C(=O)CI)c1cc(C)cc(C)c1. The molecule has 1 aromatic carbocycles. The van der Waals surface area contributed by atoms with Crippen molar-refractivity contribution < 1.29 is 4.79 Å². The van der Waals surface area contributed by atoms with Crippen LogP contribution >= 0.6 is 22.6 Å². The molecule has 1 rings (SSSR count). The van der Waals surface area contributed by atoms with Gasteiger partial charge >= 0.3 is 0 Å². The second kappa shape index (κ2) is 8.65. The zero-order valence-electron chi connectivity index (χ0n) is 13.1. The summed E-state index contributed by atoms with van der Waals surface area (Å²) >= 11 is 2.16. The minimum absolute atomic E-state index is 0.208. The van der Waals surface area contributed by atoms with Crippen LogP contribution in [-0.4, -0.2) is 16.4 Å². The highest BCUT2D eigenvalue weighted by atomic mass is 127. The van der Waals surface area contributed by atoms with Crippen molar-refractivity contribution in [1.29, 1.82) is 0 Å². The highest BCUT2D eigenvalue weighted by Crippen LogP contribution is 2.24. The monoisotopic (exact) mass is 387 g/mol. The summed E-state index contributed by atoms with van der Waals surface area (Å²) in [5.74, 6) is 0.208. The number of aryl methyl sites for hydroxylation is 2. The Bertz CT molecular complexity index is 424. The maximum absolute atomic E-state index is 12.3. The lowest BCUT2D eigenvalue weighted by Gasteiger charge is -2.29. The van der Waals surface area contributed by atoms with E-state index in [1.54, 1.807) is 0 Å². The predicted octanol–water partition coefficient (Wildman–Crippen LogP) is 5.04. The van der Waals surface area contributed by atoms with Crippen LogP contribution in [0.4, 0.5) is 5.69 Å². The fourth-order valence-electron chi connectivity index (χ4n) is 2.62. The van der Waals surface area contributed by atoms with E-state index in [1.807, 2.05) is 4.90 Å². The molecule has 1 amide bonds. The molecular weight excluding hydrogens is 361 g/mol. The summed E-state index contributed by atoms with van der Waals surface area (Å²) in [7, 11) is 0. The number of carbonyl (C=O) groups is 1. The Balaban J connectivity index is 2.96. The van der Waals surface area contributed by atoms with Gasteiger partial charge in [0.2, 0.25) is 5.91 Å². The topological polar surface area (TPSA) is 20.3 Å². The molecule has 0 aliphatic rings. The van der Waals surface area contributed by atoms with Gasteiger partial charge in [-0.25, -0.2) is 0 Å². The third-order valence-electron chi connectivity index (χ3n) is 3.53. The molecule has 20 heavy (non-hydrogen) atoms. The fourth-order valence-corrected chi connectivity index (χ4v) is 2.98. The first-order chi connectivity index (χ1) is 9.49. The minimum atomic E-state index is 0.208. The van der Waals surface area contributed by atoms with Crippen LogP contribution in [0.5, 0.6) is 0 Å². The fraction of sp³-hybridized carbons (Fsp3) is 0.588. The molecule has 0 aliphatic carbocycles. The number of anilines is 1. The van der Waals surface area contributed by atoms with Gasteiger partial charge in [-0.05, 0) is 50.5 Å². The van der Waals surface area contributed by atoms with Crippen molar-refractivity contribution in [1.82, 2.24) is 0 Å². The zero-order valence-corrected chi connectivity index (χ0v) is 15.2. The van der Waals surface area contributed by atoms with Gasteiger partial charge in [-0.1, -0.05) is 54.8 Å². The molecule has 2 nitrogen and oxygen atoms in total. The average Bonchev–Trinajstić information content (AvgIpc) is 2.38. The summed E-state index contributed by atoms with van der Waals surface area (Å²) in [5.41, 5.74) is 3.48. The van der Waals surface area contributed by atoms with Crippen molar-refractivity contribution in [3.05, 3.63) is 29.3 Å². The Morgan fingerprint density at radius 3 is 2.30 bits per heavy atom. The number of alkyl halides is 1. The maximum atomic E-state index is 12.3. The van der Waals surface area contributed by atoms with Crippen molar-refractivity contribution in [2.75, 3.05) is 9.33 Å². The maximum Gasteiger partial charge on any atom is 0.237 e. The first kappa shape index (κ1) is 17.5. The Morgan fingerprint density at radius 2 is 1.80 bits per heavy atom. The third-order valence-corrected chi connectivity index (χ3v) is 4.19. The molecule has 1 atom stereocenters. The second-order valence-electron chi connectivity index (χ2n) is 5.59. The van der Waals surface area contributed by atoms with Gasteiger partial charge in [-0.15, -0.1) is 0 Å². The van der Waals surface area contributed by atoms with Gasteiger partial charge in [0.05, 0.1) is 4.43 Å².